The van der Waals surface area contributed by atoms with Crippen molar-refractivity contribution in [3.8, 4) is 0 Å². The SMILES string of the molecule is CCCCCC(CCCC(F)(F)F)NN. The van der Waals surface area contributed by atoms with Gasteiger partial charge in [-0.2, -0.15) is 13.2 Å². The lowest BCUT2D eigenvalue weighted by atomic mass is 10.0. The molecule has 0 heterocycles. The van der Waals surface area contributed by atoms with E-state index < -0.39 is 12.6 Å². The van der Waals surface area contributed by atoms with Crippen molar-refractivity contribution in [2.24, 2.45) is 5.84 Å². The van der Waals surface area contributed by atoms with Crippen molar-refractivity contribution in [1.29, 1.82) is 0 Å². The molecule has 1 atom stereocenters. The minimum atomic E-state index is -4.04. The Hall–Kier alpha value is -0.290. The van der Waals surface area contributed by atoms with Gasteiger partial charge in [-0.15, -0.1) is 0 Å². The lowest BCUT2D eigenvalue weighted by Crippen LogP contribution is -2.35. The van der Waals surface area contributed by atoms with Crippen LogP contribution in [0, 0.1) is 0 Å². The number of alkyl halides is 3. The molecule has 0 rings (SSSR count). The fourth-order valence-electron chi connectivity index (χ4n) is 1.50. The maximum Gasteiger partial charge on any atom is 0.389 e. The topological polar surface area (TPSA) is 38.0 Å². The molecule has 92 valence electrons. The predicted octanol–water partition coefficient (Wildman–Crippen LogP) is 3.13. The molecule has 0 radical (unpaired) electrons. The van der Waals surface area contributed by atoms with Crippen molar-refractivity contribution in [1.82, 2.24) is 5.43 Å². The van der Waals surface area contributed by atoms with Gasteiger partial charge in [-0.25, -0.2) is 0 Å². The Balaban J connectivity index is 3.52. The molecule has 0 amide bonds. The van der Waals surface area contributed by atoms with Gasteiger partial charge in [-0.1, -0.05) is 26.2 Å². The van der Waals surface area contributed by atoms with E-state index in [4.69, 9.17) is 5.84 Å². The van der Waals surface area contributed by atoms with E-state index in [1.165, 1.54) is 0 Å². The Morgan fingerprint density at radius 1 is 1.13 bits per heavy atom. The van der Waals surface area contributed by atoms with Gasteiger partial charge >= 0.3 is 6.18 Å². The Morgan fingerprint density at radius 3 is 2.20 bits per heavy atom. The van der Waals surface area contributed by atoms with Crippen LogP contribution in [0.2, 0.25) is 0 Å². The molecule has 0 bridgehead atoms. The molecule has 0 spiro atoms. The first kappa shape index (κ1) is 14.7. The van der Waals surface area contributed by atoms with Crippen molar-refractivity contribution in [2.75, 3.05) is 0 Å². The van der Waals surface area contributed by atoms with E-state index in [1.54, 1.807) is 0 Å². The van der Waals surface area contributed by atoms with Crippen LogP contribution >= 0.6 is 0 Å². The number of hydrogen-bond donors (Lipinski definition) is 2. The molecule has 0 aromatic heterocycles. The fourth-order valence-corrected chi connectivity index (χ4v) is 1.50. The van der Waals surface area contributed by atoms with E-state index in [2.05, 4.69) is 12.3 Å². The molecule has 0 aliphatic rings. The second kappa shape index (κ2) is 7.93. The largest absolute Gasteiger partial charge is 0.389 e. The Kier molecular flexibility index (Phi) is 7.78. The molecule has 1 unspecified atom stereocenters. The van der Waals surface area contributed by atoms with Crippen molar-refractivity contribution in [2.45, 2.75) is 64.1 Å². The van der Waals surface area contributed by atoms with Gasteiger partial charge < -0.3 is 0 Å². The van der Waals surface area contributed by atoms with Gasteiger partial charge in [0, 0.05) is 12.5 Å². The van der Waals surface area contributed by atoms with Crippen molar-refractivity contribution in [3.63, 3.8) is 0 Å². The third-order valence-electron chi connectivity index (χ3n) is 2.40. The summed E-state index contributed by atoms with van der Waals surface area (Å²) in [6, 6.07) is 0.0268. The number of hydrogen-bond acceptors (Lipinski definition) is 2. The van der Waals surface area contributed by atoms with Gasteiger partial charge in [-0.05, 0) is 19.3 Å². The molecule has 2 nitrogen and oxygen atoms in total. The minimum absolute atomic E-state index is 0.0268. The number of nitrogens with one attached hydrogen (secondary N) is 1. The normalized spacial score (nSPS) is 14.2. The number of hydrazine groups is 1. The van der Waals surface area contributed by atoms with Gasteiger partial charge in [0.15, 0.2) is 0 Å². The highest BCUT2D eigenvalue weighted by Gasteiger charge is 2.26. The number of nitrogens with two attached hydrogens (primary N) is 1. The van der Waals surface area contributed by atoms with E-state index in [-0.39, 0.29) is 12.5 Å². The monoisotopic (exact) mass is 226 g/mol. The summed E-state index contributed by atoms with van der Waals surface area (Å²) >= 11 is 0. The summed E-state index contributed by atoms with van der Waals surface area (Å²) in [7, 11) is 0. The molecular weight excluding hydrogens is 205 g/mol. The Morgan fingerprint density at radius 2 is 1.73 bits per heavy atom. The predicted molar refractivity (Wildman–Crippen MR) is 55.2 cm³/mol. The molecule has 0 aromatic carbocycles. The first-order chi connectivity index (χ1) is 6.99. The maximum absolute atomic E-state index is 11.9. The van der Waals surface area contributed by atoms with E-state index in [0.717, 1.165) is 25.7 Å². The second-order valence-electron chi connectivity index (χ2n) is 3.87. The molecular formula is C10H21F3N2. The fraction of sp³-hybridized carbons (Fsp3) is 1.00. The van der Waals surface area contributed by atoms with Crippen LogP contribution in [0.25, 0.3) is 0 Å². The first-order valence-corrected chi connectivity index (χ1v) is 5.52. The molecule has 0 aromatic rings. The Labute approximate surface area is 89.4 Å². The quantitative estimate of drug-likeness (QED) is 0.379. The Bertz CT molecular complexity index is 148. The summed E-state index contributed by atoms with van der Waals surface area (Å²) in [6.45, 7) is 2.09. The van der Waals surface area contributed by atoms with Crippen LogP contribution in [0.3, 0.4) is 0 Å². The first-order valence-electron chi connectivity index (χ1n) is 5.52. The minimum Gasteiger partial charge on any atom is -0.271 e. The van der Waals surface area contributed by atoms with Crippen LogP contribution in [0.5, 0.6) is 0 Å². The standard InChI is InChI=1S/C10H21F3N2/c1-2-3-4-6-9(15-14)7-5-8-10(11,12)13/h9,15H,2-8,14H2,1H3. The highest BCUT2D eigenvalue weighted by atomic mass is 19.4. The van der Waals surface area contributed by atoms with E-state index >= 15 is 0 Å². The van der Waals surface area contributed by atoms with Gasteiger partial charge in [0.2, 0.25) is 0 Å². The van der Waals surface area contributed by atoms with Crippen LogP contribution in [0.1, 0.15) is 51.9 Å². The molecule has 3 N–H and O–H groups in total. The van der Waals surface area contributed by atoms with Crippen LogP contribution < -0.4 is 11.3 Å². The van der Waals surface area contributed by atoms with Gasteiger partial charge in [0.05, 0.1) is 0 Å². The summed E-state index contributed by atoms with van der Waals surface area (Å²) in [6.07, 6.45) is 0.0165. The molecule has 5 heteroatoms. The lowest BCUT2D eigenvalue weighted by molar-refractivity contribution is -0.135. The van der Waals surface area contributed by atoms with Crippen molar-refractivity contribution in [3.05, 3.63) is 0 Å². The van der Waals surface area contributed by atoms with Crippen molar-refractivity contribution >= 4 is 0 Å². The third kappa shape index (κ3) is 10.0. The third-order valence-corrected chi connectivity index (χ3v) is 2.40. The molecule has 15 heavy (non-hydrogen) atoms. The molecule has 0 aliphatic heterocycles. The molecule has 0 saturated carbocycles. The molecule has 0 aliphatic carbocycles. The molecule has 0 saturated heterocycles. The van der Waals surface area contributed by atoms with Gasteiger partial charge in [-0.3, -0.25) is 11.3 Å². The lowest BCUT2D eigenvalue weighted by Gasteiger charge is -2.15. The summed E-state index contributed by atoms with van der Waals surface area (Å²) in [5.74, 6) is 5.27. The zero-order valence-corrected chi connectivity index (χ0v) is 9.24. The number of halogens is 3. The van der Waals surface area contributed by atoms with Gasteiger partial charge in [0.25, 0.3) is 0 Å². The van der Waals surface area contributed by atoms with Crippen LogP contribution in [0.15, 0.2) is 0 Å². The average Bonchev–Trinajstić information content (AvgIpc) is 2.14. The summed E-state index contributed by atoms with van der Waals surface area (Å²) in [4.78, 5) is 0. The number of unbranched alkanes of at least 4 members (excludes halogenated alkanes) is 2. The second-order valence-corrected chi connectivity index (χ2v) is 3.87. The number of rotatable bonds is 8. The molecule has 0 fully saturated rings. The van der Waals surface area contributed by atoms with Crippen LogP contribution in [-0.4, -0.2) is 12.2 Å². The maximum atomic E-state index is 11.9. The zero-order valence-electron chi connectivity index (χ0n) is 9.24. The van der Waals surface area contributed by atoms with Crippen LogP contribution in [0.4, 0.5) is 13.2 Å². The zero-order chi connectivity index (χ0) is 11.7. The average molecular weight is 226 g/mol. The smallest absolute Gasteiger partial charge is 0.271 e. The summed E-state index contributed by atoms with van der Waals surface area (Å²) < 4.78 is 35.6. The van der Waals surface area contributed by atoms with Gasteiger partial charge in [0.1, 0.15) is 0 Å². The summed E-state index contributed by atoms with van der Waals surface area (Å²) in [5, 5.41) is 0. The highest BCUT2D eigenvalue weighted by molar-refractivity contribution is 4.65. The van der Waals surface area contributed by atoms with Crippen molar-refractivity contribution < 1.29 is 13.2 Å². The van der Waals surface area contributed by atoms with E-state index in [1.807, 2.05) is 0 Å². The van der Waals surface area contributed by atoms with E-state index in [9.17, 15) is 13.2 Å². The van der Waals surface area contributed by atoms with E-state index in [0.29, 0.717) is 6.42 Å². The summed E-state index contributed by atoms with van der Waals surface area (Å²) in [5.41, 5.74) is 2.58. The highest BCUT2D eigenvalue weighted by Crippen LogP contribution is 2.23. The van der Waals surface area contributed by atoms with Crippen LogP contribution in [-0.2, 0) is 0 Å².